The maximum absolute atomic E-state index is 13.5. The lowest BCUT2D eigenvalue weighted by atomic mass is 9.98. The topological polar surface area (TPSA) is 157 Å². The number of hydrogen-bond acceptors (Lipinski definition) is 8. The van der Waals surface area contributed by atoms with Crippen LogP contribution in [-0.2, 0) is 21.4 Å². The molecular formula is C27H37FN6O4S. The molecule has 0 aliphatic carbocycles. The van der Waals surface area contributed by atoms with E-state index in [0.717, 1.165) is 42.1 Å². The lowest BCUT2D eigenvalue weighted by Gasteiger charge is -2.33. The van der Waals surface area contributed by atoms with Gasteiger partial charge < -0.3 is 21.2 Å². The van der Waals surface area contributed by atoms with Crippen LogP contribution in [0.1, 0.15) is 48.4 Å². The van der Waals surface area contributed by atoms with E-state index in [1.165, 1.54) is 23.3 Å². The minimum Gasteiger partial charge on any atom is -0.493 e. The van der Waals surface area contributed by atoms with Gasteiger partial charge in [0.15, 0.2) is 0 Å². The number of hydrazine groups is 1. The third kappa shape index (κ3) is 7.47. The Morgan fingerprint density at radius 3 is 2.54 bits per heavy atom. The van der Waals surface area contributed by atoms with Crippen LogP contribution >= 0.6 is 0 Å². The number of benzene rings is 2. The highest BCUT2D eigenvalue weighted by Gasteiger charge is 2.28. The summed E-state index contributed by atoms with van der Waals surface area (Å²) in [5, 5.41) is 1.45. The molecule has 2 atom stereocenters. The lowest BCUT2D eigenvalue weighted by molar-refractivity contribution is -0.119. The van der Waals surface area contributed by atoms with Gasteiger partial charge in [-0.3, -0.25) is 9.69 Å². The van der Waals surface area contributed by atoms with E-state index in [-0.39, 0.29) is 23.1 Å². The van der Waals surface area contributed by atoms with E-state index >= 15 is 0 Å². The number of aryl methyl sites for hydroxylation is 1. The summed E-state index contributed by atoms with van der Waals surface area (Å²) in [5.74, 6) is 6.24. The van der Waals surface area contributed by atoms with Crippen molar-refractivity contribution in [2.45, 2.75) is 62.3 Å². The van der Waals surface area contributed by atoms with Gasteiger partial charge in [-0.25, -0.2) is 18.7 Å². The average molecular weight is 561 g/mol. The van der Waals surface area contributed by atoms with Gasteiger partial charge in [-0.05, 0) is 43.5 Å². The molecule has 2 aliphatic heterocycles. The zero-order valence-corrected chi connectivity index (χ0v) is 22.9. The van der Waals surface area contributed by atoms with Crippen LogP contribution in [-0.4, -0.2) is 56.1 Å². The summed E-state index contributed by atoms with van der Waals surface area (Å²) in [6.07, 6.45) is 2.35. The molecule has 2 aromatic rings. The second kappa shape index (κ2) is 12.3. The molecule has 0 spiro atoms. The maximum atomic E-state index is 13.5. The largest absolute Gasteiger partial charge is 0.493 e. The first-order valence-corrected chi connectivity index (χ1v) is 14.5. The number of carbonyl (C=O) groups excluding carboxylic acids is 1. The number of sulfonamides is 1. The van der Waals surface area contributed by atoms with Gasteiger partial charge in [-0.2, -0.15) is 4.72 Å². The van der Waals surface area contributed by atoms with E-state index in [1.807, 2.05) is 25.1 Å². The number of alkyl halides is 1. The molecule has 0 saturated carbocycles. The zero-order chi connectivity index (χ0) is 28.2. The summed E-state index contributed by atoms with van der Waals surface area (Å²) in [6, 6.07) is 10.7. The number of piperidine rings is 1. The molecule has 2 aromatic carbocycles. The molecule has 212 valence electrons. The number of fused-ring (bicyclic) bond motifs is 1. The highest BCUT2D eigenvalue weighted by molar-refractivity contribution is 7.89. The molecule has 0 radical (unpaired) electrons. The number of rotatable bonds is 10. The second-order valence-corrected chi connectivity index (χ2v) is 11.9. The Morgan fingerprint density at radius 1 is 1.18 bits per heavy atom. The van der Waals surface area contributed by atoms with Crippen molar-refractivity contribution < 1.29 is 22.3 Å². The molecule has 39 heavy (non-hydrogen) atoms. The second-order valence-electron chi connectivity index (χ2n) is 10.2. The fourth-order valence-electron chi connectivity index (χ4n) is 4.88. The third-order valence-corrected chi connectivity index (χ3v) is 8.58. The van der Waals surface area contributed by atoms with Gasteiger partial charge in [-0.15, -0.1) is 0 Å². The Morgan fingerprint density at radius 2 is 1.87 bits per heavy atom. The van der Waals surface area contributed by atoms with Gasteiger partial charge in [-0.1, -0.05) is 29.8 Å². The maximum Gasteiger partial charge on any atom is 0.241 e. The molecule has 1 amide bonds. The quantitative estimate of drug-likeness (QED) is 0.254. The molecule has 0 aromatic heterocycles. The Bertz CT molecular complexity index is 1300. The van der Waals surface area contributed by atoms with Gasteiger partial charge in [0.05, 0.1) is 17.5 Å². The molecule has 7 N–H and O–H groups in total. The summed E-state index contributed by atoms with van der Waals surface area (Å²) in [6.45, 7) is 4.48. The van der Waals surface area contributed by atoms with Crippen LogP contribution in [0.4, 0.5) is 4.39 Å². The molecule has 1 fully saturated rings. The predicted octanol–water partition coefficient (Wildman–Crippen LogP) is 1.95. The number of hydrogen-bond donors (Lipinski definition) is 4. The Balaban J connectivity index is 1.42. The summed E-state index contributed by atoms with van der Waals surface area (Å²) in [4.78, 5) is 14.3. The molecule has 2 unspecified atom stereocenters. The standard InChI is InChI=1S/C27H37FN6O4S/c1-18-2-5-22(6-3-18)39(36,37)32-24(27(30)35)15-21(29)17-34(31)25-10-13-38-26-14-19(4-7-23(25)26)16-33-11-8-20(28)9-12-33/h2-7,14,17,20,24-25,32H,8-13,15-16,29,31H2,1H3,(H2,30,35)/b21-17-. The first kappa shape index (κ1) is 28.8. The average Bonchev–Trinajstić information content (AvgIpc) is 2.89. The molecule has 1 saturated heterocycles. The van der Waals surface area contributed by atoms with Crippen molar-refractivity contribution in [1.82, 2.24) is 14.6 Å². The van der Waals surface area contributed by atoms with Crippen LogP contribution in [0.15, 0.2) is 59.3 Å². The first-order chi connectivity index (χ1) is 18.5. The highest BCUT2D eigenvalue weighted by atomic mass is 32.2. The van der Waals surface area contributed by atoms with Gasteiger partial charge >= 0.3 is 0 Å². The van der Waals surface area contributed by atoms with E-state index in [9.17, 15) is 17.6 Å². The highest BCUT2D eigenvalue weighted by Crippen LogP contribution is 2.36. The number of primary amides is 1. The zero-order valence-electron chi connectivity index (χ0n) is 22.1. The van der Waals surface area contributed by atoms with Gasteiger partial charge in [0.1, 0.15) is 18.0 Å². The number of nitrogens with zero attached hydrogens (tertiary/aromatic N) is 2. The molecule has 2 aliphatic rings. The van der Waals surface area contributed by atoms with Crippen molar-refractivity contribution >= 4 is 15.9 Å². The number of amides is 1. The molecule has 12 heteroatoms. The van der Waals surface area contributed by atoms with E-state index in [2.05, 4.69) is 9.62 Å². The van der Waals surface area contributed by atoms with Crippen LogP contribution in [0.2, 0.25) is 0 Å². The number of halogens is 1. The molecule has 10 nitrogen and oxygen atoms in total. The van der Waals surface area contributed by atoms with Crippen LogP contribution in [0, 0.1) is 6.92 Å². The van der Waals surface area contributed by atoms with Crippen molar-refractivity contribution in [3.05, 3.63) is 71.1 Å². The van der Waals surface area contributed by atoms with Crippen LogP contribution < -0.4 is 26.8 Å². The van der Waals surface area contributed by atoms with E-state index in [4.69, 9.17) is 22.0 Å². The lowest BCUT2D eigenvalue weighted by Crippen LogP contribution is -2.45. The Kier molecular flexibility index (Phi) is 9.11. The fraction of sp³-hybridized carbons (Fsp3) is 0.444. The normalized spacial score (nSPS) is 19.7. The summed E-state index contributed by atoms with van der Waals surface area (Å²) < 4.78 is 47.2. The number of nitrogens with two attached hydrogens (primary N) is 3. The van der Waals surface area contributed by atoms with Crippen molar-refractivity contribution in [2.75, 3.05) is 19.7 Å². The third-order valence-electron chi connectivity index (χ3n) is 7.10. The van der Waals surface area contributed by atoms with E-state index in [1.54, 1.807) is 12.1 Å². The number of likely N-dealkylation sites (tertiary alicyclic amines) is 1. The number of carbonyl (C=O) groups is 1. The molecule has 4 rings (SSSR count). The summed E-state index contributed by atoms with van der Waals surface area (Å²) in [7, 11) is -3.99. The summed E-state index contributed by atoms with van der Waals surface area (Å²) >= 11 is 0. The van der Waals surface area contributed by atoms with E-state index < -0.39 is 28.1 Å². The Hall–Kier alpha value is -3.19. The minimum absolute atomic E-state index is 0.0208. The predicted molar refractivity (Wildman–Crippen MR) is 146 cm³/mol. The molecule has 2 heterocycles. The van der Waals surface area contributed by atoms with Crippen molar-refractivity contribution in [2.24, 2.45) is 17.3 Å². The van der Waals surface area contributed by atoms with E-state index in [0.29, 0.717) is 25.9 Å². The SMILES string of the molecule is Cc1ccc(S(=O)(=O)NC(C/C(N)=C/N(N)C2CCOc3cc(CN4CCC(F)CC4)ccc32)C(N)=O)cc1. The van der Waals surface area contributed by atoms with Crippen LogP contribution in [0.3, 0.4) is 0 Å². The van der Waals surface area contributed by atoms with Crippen molar-refractivity contribution in [3.8, 4) is 5.75 Å². The van der Waals surface area contributed by atoms with Gasteiger partial charge in [0.2, 0.25) is 15.9 Å². The van der Waals surface area contributed by atoms with Crippen molar-refractivity contribution in [3.63, 3.8) is 0 Å². The minimum atomic E-state index is -3.99. The van der Waals surface area contributed by atoms with Crippen LogP contribution in [0.25, 0.3) is 0 Å². The van der Waals surface area contributed by atoms with Crippen LogP contribution in [0.5, 0.6) is 5.75 Å². The Labute approximate surface area is 229 Å². The number of nitrogens with one attached hydrogen (secondary N) is 1. The fourth-order valence-corrected chi connectivity index (χ4v) is 6.09. The van der Waals surface area contributed by atoms with Gasteiger partial charge in [0, 0.05) is 49.9 Å². The monoisotopic (exact) mass is 560 g/mol. The number of ether oxygens (including phenoxy) is 1. The summed E-state index contributed by atoms with van der Waals surface area (Å²) in [5.41, 5.74) is 14.7. The molecule has 0 bridgehead atoms. The smallest absolute Gasteiger partial charge is 0.241 e. The van der Waals surface area contributed by atoms with Crippen molar-refractivity contribution in [1.29, 1.82) is 0 Å². The van der Waals surface area contributed by atoms with Gasteiger partial charge in [0.25, 0.3) is 0 Å². The first-order valence-electron chi connectivity index (χ1n) is 13.0. The molecular weight excluding hydrogens is 523 g/mol.